The third-order valence-electron chi connectivity index (χ3n) is 4.69. The number of nitriles is 1. The largest absolute Gasteiger partial charge is 0.345 e. The van der Waals surface area contributed by atoms with Gasteiger partial charge in [0.05, 0.1) is 22.9 Å². The lowest BCUT2D eigenvalue weighted by atomic mass is 9.93. The van der Waals surface area contributed by atoms with Crippen LogP contribution in [0.2, 0.25) is 0 Å². The second-order valence-electron chi connectivity index (χ2n) is 6.87. The maximum atomic E-state index is 14.6. The number of halogens is 1. The average Bonchev–Trinajstić information content (AvgIpc) is 2.67. The fraction of sp³-hybridized carbons (Fsp3) is 0.211. The van der Waals surface area contributed by atoms with Gasteiger partial charge in [-0.05, 0) is 49.4 Å². The molecule has 1 atom stereocenters. The molecule has 3 N–H and O–H groups in total. The Morgan fingerprint density at radius 2 is 1.97 bits per heavy atom. The molecule has 2 aromatic carbocycles. The van der Waals surface area contributed by atoms with Gasteiger partial charge in [0.2, 0.25) is 16.0 Å². The number of carbonyl (C=O) groups is 1. The Labute approximate surface area is 167 Å². The van der Waals surface area contributed by atoms with Crippen molar-refractivity contribution >= 4 is 27.6 Å². The molecule has 0 aromatic heterocycles. The van der Waals surface area contributed by atoms with Crippen LogP contribution in [0.5, 0.6) is 0 Å². The lowest BCUT2D eigenvalue weighted by molar-refractivity contribution is 0.102. The maximum Gasteiger partial charge on any atom is 0.255 e. The lowest BCUT2D eigenvalue weighted by Gasteiger charge is -2.40. The first-order valence-electron chi connectivity index (χ1n) is 8.51. The van der Waals surface area contributed by atoms with Crippen LogP contribution in [0.4, 0.5) is 10.1 Å². The van der Waals surface area contributed by atoms with E-state index in [4.69, 9.17) is 10.7 Å². The Hall–Kier alpha value is -3.45. The zero-order chi connectivity index (χ0) is 21.4. The maximum absolute atomic E-state index is 14.6. The highest BCUT2D eigenvalue weighted by Gasteiger charge is 2.43. The molecular weight excluding hydrogens is 397 g/mol. The number of hydrogen-bond donors (Lipinski definition) is 3. The second-order valence-corrected chi connectivity index (χ2v) is 8.87. The number of anilines is 1. The van der Waals surface area contributed by atoms with Crippen LogP contribution in [0.3, 0.4) is 0 Å². The number of nitrogens with zero attached hydrogens (tertiary/aromatic N) is 2. The van der Waals surface area contributed by atoms with Crippen molar-refractivity contribution in [3.63, 3.8) is 0 Å². The van der Waals surface area contributed by atoms with E-state index in [0.29, 0.717) is 11.1 Å². The van der Waals surface area contributed by atoms with Crippen LogP contribution in [0.1, 0.15) is 28.4 Å². The van der Waals surface area contributed by atoms with E-state index in [1.54, 1.807) is 0 Å². The number of benzene rings is 2. The van der Waals surface area contributed by atoms with Crippen molar-refractivity contribution in [2.24, 2.45) is 0 Å². The van der Waals surface area contributed by atoms with Gasteiger partial charge in [0.1, 0.15) is 5.82 Å². The normalized spacial score (nSPS) is 20.5. The Morgan fingerprint density at radius 3 is 2.55 bits per heavy atom. The first kappa shape index (κ1) is 20.3. The highest BCUT2D eigenvalue weighted by molar-refractivity contribution is 7.89. The molecule has 29 heavy (non-hydrogen) atoms. The molecule has 1 aliphatic heterocycles. The lowest BCUT2D eigenvalue weighted by Crippen LogP contribution is -2.61. The standard InChI is InChI=1S/C19H18FN5O3S/c1-19(11-29(27,28)25(2)18(22)24-19)15-9-14(7-8-16(15)20)23-17(26)13-5-3-12(10-21)4-6-13/h3-9H,11H2,1-2H3,(H2,22,24)(H,23,26)/t19-/m0/s1. The number of sulfonamides is 1. The quantitative estimate of drug-likeness (QED) is 0.706. The molecular formula is C19H18FN5O3S. The number of hydrogen-bond acceptors (Lipinski definition) is 5. The molecule has 0 unspecified atom stereocenters. The minimum atomic E-state index is -3.80. The molecule has 10 heteroatoms. The van der Waals surface area contributed by atoms with Crippen LogP contribution in [0.25, 0.3) is 0 Å². The molecule has 1 aliphatic rings. The topological polar surface area (TPSA) is 126 Å². The predicted molar refractivity (Wildman–Crippen MR) is 105 cm³/mol. The molecule has 8 nitrogen and oxygen atoms in total. The molecule has 0 spiro atoms. The third kappa shape index (κ3) is 3.90. The van der Waals surface area contributed by atoms with Gasteiger partial charge >= 0.3 is 0 Å². The van der Waals surface area contributed by atoms with E-state index in [2.05, 4.69) is 10.6 Å². The summed E-state index contributed by atoms with van der Waals surface area (Å²) in [5, 5.41) is 22.0. The van der Waals surface area contributed by atoms with Gasteiger partial charge in [-0.25, -0.2) is 17.1 Å². The summed E-state index contributed by atoms with van der Waals surface area (Å²) in [5.74, 6) is -1.95. The summed E-state index contributed by atoms with van der Waals surface area (Å²) in [6.07, 6.45) is 0. The van der Waals surface area contributed by atoms with Crippen LogP contribution in [0, 0.1) is 22.6 Å². The van der Waals surface area contributed by atoms with Crippen LogP contribution in [-0.4, -0.2) is 37.4 Å². The molecule has 150 valence electrons. The van der Waals surface area contributed by atoms with Crippen molar-refractivity contribution in [3.05, 3.63) is 65.0 Å². The summed E-state index contributed by atoms with van der Waals surface area (Å²) in [6.45, 7) is 1.48. The molecule has 1 fully saturated rings. The van der Waals surface area contributed by atoms with Gasteiger partial charge in [-0.2, -0.15) is 5.26 Å². The van der Waals surface area contributed by atoms with Gasteiger partial charge in [0.15, 0.2) is 0 Å². The summed E-state index contributed by atoms with van der Waals surface area (Å²) in [5.41, 5.74) is -0.390. The third-order valence-corrected chi connectivity index (χ3v) is 6.65. The van der Waals surface area contributed by atoms with Crippen molar-refractivity contribution in [2.75, 3.05) is 18.1 Å². The van der Waals surface area contributed by atoms with Gasteiger partial charge in [0, 0.05) is 23.9 Å². The minimum Gasteiger partial charge on any atom is -0.345 e. The molecule has 1 heterocycles. The Morgan fingerprint density at radius 1 is 1.31 bits per heavy atom. The van der Waals surface area contributed by atoms with Crippen molar-refractivity contribution in [1.82, 2.24) is 9.62 Å². The van der Waals surface area contributed by atoms with Crippen LogP contribution >= 0.6 is 0 Å². The molecule has 0 radical (unpaired) electrons. The van der Waals surface area contributed by atoms with Gasteiger partial charge < -0.3 is 10.6 Å². The summed E-state index contributed by atoms with van der Waals surface area (Å²) in [7, 11) is -2.56. The van der Waals surface area contributed by atoms with Crippen molar-refractivity contribution in [1.29, 1.82) is 10.7 Å². The van der Waals surface area contributed by atoms with Crippen LogP contribution in [0.15, 0.2) is 42.5 Å². The fourth-order valence-corrected chi connectivity index (χ4v) is 4.52. The number of rotatable bonds is 3. The fourth-order valence-electron chi connectivity index (χ4n) is 3.05. The van der Waals surface area contributed by atoms with E-state index in [1.165, 1.54) is 50.4 Å². The molecule has 0 saturated carbocycles. The van der Waals surface area contributed by atoms with E-state index in [-0.39, 0.29) is 17.2 Å². The Kier molecular flexibility index (Phi) is 5.02. The van der Waals surface area contributed by atoms with E-state index in [1.807, 2.05) is 6.07 Å². The van der Waals surface area contributed by atoms with E-state index in [0.717, 1.165) is 10.4 Å². The van der Waals surface area contributed by atoms with Gasteiger partial charge in [-0.3, -0.25) is 10.2 Å². The summed E-state index contributed by atoms with van der Waals surface area (Å²) < 4.78 is 40.0. The second kappa shape index (κ2) is 7.18. The minimum absolute atomic E-state index is 0.0107. The predicted octanol–water partition coefficient (Wildman–Crippen LogP) is 1.96. The molecule has 1 amide bonds. The van der Waals surface area contributed by atoms with Crippen molar-refractivity contribution in [2.45, 2.75) is 12.5 Å². The van der Waals surface area contributed by atoms with Gasteiger partial charge in [0.25, 0.3) is 5.91 Å². The molecule has 1 saturated heterocycles. The highest BCUT2D eigenvalue weighted by atomic mass is 32.2. The van der Waals surface area contributed by atoms with Gasteiger partial charge in [-0.1, -0.05) is 0 Å². The molecule has 0 bridgehead atoms. The van der Waals surface area contributed by atoms with Gasteiger partial charge in [-0.15, -0.1) is 0 Å². The van der Waals surface area contributed by atoms with E-state index < -0.39 is 33.0 Å². The number of carbonyl (C=O) groups excluding carboxylic acids is 1. The zero-order valence-corrected chi connectivity index (χ0v) is 16.5. The summed E-state index contributed by atoms with van der Waals surface area (Å²) >= 11 is 0. The average molecular weight is 415 g/mol. The van der Waals surface area contributed by atoms with Crippen LogP contribution in [-0.2, 0) is 15.6 Å². The Bertz CT molecular complexity index is 1140. The van der Waals surface area contributed by atoms with E-state index in [9.17, 15) is 17.6 Å². The summed E-state index contributed by atoms with van der Waals surface area (Å²) in [4.78, 5) is 12.4. The first-order chi connectivity index (χ1) is 13.6. The number of nitrogens with one attached hydrogen (secondary N) is 3. The molecule has 3 rings (SSSR count). The highest BCUT2D eigenvalue weighted by Crippen LogP contribution is 2.31. The monoisotopic (exact) mass is 415 g/mol. The number of amides is 1. The van der Waals surface area contributed by atoms with Crippen LogP contribution < -0.4 is 10.6 Å². The zero-order valence-electron chi connectivity index (χ0n) is 15.7. The smallest absolute Gasteiger partial charge is 0.255 e. The Balaban J connectivity index is 1.91. The number of guanidine groups is 1. The summed E-state index contributed by atoms with van der Waals surface area (Å²) in [6, 6.07) is 11.8. The molecule has 2 aromatic rings. The van der Waals surface area contributed by atoms with Crippen molar-refractivity contribution < 1.29 is 17.6 Å². The van der Waals surface area contributed by atoms with Crippen molar-refractivity contribution in [3.8, 4) is 6.07 Å². The molecule has 0 aliphatic carbocycles. The first-order valence-corrected chi connectivity index (χ1v) is 10.1. The van der Waals surface area contributed by atoms with E-state index >= 15 is 0 Å². The SMILES string of the molecule is CN1C(=N)N[C@](C)(c2cc(NC(=O)c3ccc(C#N)cc3)ccc2F)CS1(=O)=O.